The van der Waals surface area contributed by atoms with Crippen LogP contribution >= 0.6 is 11.6 Å². The third-order valence-electron chi connectivity index (χ3n) is 5.73. The van der Waals surface area contributed by atoms with E-state index in [-0.39, 0.29) is 6.54 Å². The van der Waals surface area contributed by atoms with Gasteiger partial charge in [-0.2, -0.15) is 0 Å². The molecule has 3 aromatic carbocycles. The number of hydrogen-bond donors (Lipinski definition) is 2. The van der Waals surface area contributed by atoms with Gasteiger partial charge >= 0.3 is 11.8 Å². The Kier molecular flexibility index (Phi) is 7.07. The van der Waals surface area contributed by atoms with E-state index in [1.54, 1.807) is 6.07 Å². The van der Waals surface area contributed by atoms with Crippen molar-refractivity contribution in [1.82, 2.24) is 10.6 Å². The van der Waals surface area contributed by atoms with Gasteiger partial charge in [0.25, 0.3) is 0 Å². The van der Waals surface area contributed by atoms with E-state index >= 15 is 0 Å². The van der Waals surface area contributed by atoms with Crippen LogP contribution in [0.2, 0.25) is 5.02 Å². The number of carbonyl (C=O) groups is 2. The van der Waals surface area contributed by atoms with Crippen LogP contribution in [0.15, 0.2) is 72.8 Å². The molecule has 0 radical (unpaired) electrons. The van der Waals surface area contributed by atoms with Crippen LogP contribution in [0.3, 0.4) is 0 Å². The third-order valence-corrected chi connectivity index (χ3v) is 6.10. The Labute approximate surface area is 193 Å². The van der Waals surface area contributed by atoms with Crippen molar-refractivity contribution >= 4 is 29.1 Å². The van der Waals surface area contributed by atoms with E-state index in [9.17, 15) is 9.59 Å². The zero-order valence-corrected chi connectivity index (χ0v) is 18.6. The summed E-state index contributed by atoms with van der Waals surface area (Å²) in [7, 11) is 0. The fourth-order valence-corrected chi connectivity index (χ4v) is 4.09. The molecule has 1 heterocycles. The highest BCUT2D eigenvalue weighted by Crippen LogP contribution is 2.24. The Balaban J connectivity index is 1.22. The lowest BCUT2D eigenvalue weighted by molar-refractivity contribution is -0.139. The monoisotopic (exact) mass is 447 g/mol. The van der Waals surface area contributed by atoms with Gasteiger partial charge in [0.1, 0.15) is 0 Å². The normalized spacial score (nSPS) is 12.7. The smallest absolute Gasteiger partial charge is 0.309 e. The van der Waals surface area contributed by atoms with Crippen LogP contribution in [0.5, 0.6) is 0 Å². The first-order chi connectivity index (χ1) is 15.6. The highest BCUT2D eigenvalue weighted by molar-refractivity contribution is 6.35. The molecule has 6 heteroatoms. The summed E-state index contributed by atoms with van der Waals surface area (Å²) in [5.74, 6) is -1.30. The number of rotatable bonds is 6. The van der Waals surface area contributed by atoms with Gasteiger partial charge in [0, 0.05) is 36.9 Å². The molecule has 2 N–H and O–H groups in total. The summed E-state index contributed by atoms with van der Waals surface area (Å²) in [6.07, 6.45) is 1.72. The molecule has 1 aliphatic rings. The van der Waals surface area contributed by atoms with Crippen LogP contribution in [0, 0.1) is 0 Å². The lowest BCUT2D eigenvalue weighted by atomic mass is 9.99. The highest BCUT2D eigenvalue weighted by Gasteiger charge is 2.16. The molecule has 0 unspecified atom stereocenters. The topological polar surface area (TPSA) is 61.4 Å². The quantitative estimate of drug-likeness (QED) is 0.564. The molecular formula is C26H26ClN3O2. The van der Waals surface area contributed by atoms with Gasteiger partial charge in [0.15, 0.2) is 0 Å². The minimum Gasteiger partial charge on any atom is -0.367 e. The van der Waals surface area contributed by atoms with E-state index in [0.717, 1.165) is 30.6 Å². The second-order valence-electron chi connectivity index (χ2n) is 7.89. The number of nitrogens with zero attached hydrogens (tertiary/aromatic N) is 1. The van der Waals surface area contributed by atoms with Crippen molar-refractivity contribution in [2.75, 3.05) is 18.0 Å². The van der Waals surface area contributed by atoms with E-state index < -0.39 is 11.8 Å². The maximum absolute atomic E-state index is 12.0. The average Bonchev–Trinajstić information content (AvgIpc) is 2.83. The number of nitrogens with one attached hydrogen (secondary N) is 2. The number of fused-ring (bicyclic) bond motifs is 1. The van der Waals surface area contributed by atoms with E-state index in [2.05, 4.69) is 64.1 Å². The predicted molar refractivity (Wildman–Crippen MR) is 128 cm³/mol. The first kappa shape index (κ1) is 21.9. The van der Waals surface area contributed by atoms with Crippen molar-refractivity contribution in [3.63, 3.8) is 0 Å². The van der Waals surface area contributed by atoms with Gasteiger partial charge in [-0.3, -0.25) is 9.59 Å². The van der Waals surface area contributed by atoms with Crippen molar-refractivity contribution in [3.05, 3.63) is 100 Å². The highest BCUT2D eigenvalue weighted by atomic mass is 35.5. The van der Waals surface area contributed by atoms with Crippen LogP contribution < -0.4 is 15.5 Å². The summed E-state index contributed by atoms with van der Waals surface area (Å²) in [5, 5.41) is 5.84. The maximum atomic E-state index is 12.0. The number of carbonyl (C=O) groups excluding carboxylic acids is 2. The van der Waals surface area contributed by atoms with Gasteiger partial charge in [-0.25, -0.2) is 0 Å². The molecule has 32 heavy (non-hydrogen) atoms. The van der Waals surface area contributed by atoms with Gasteiger partial charge in [-0.1, -0.05) is 66.2 Å². The number of amides is 2. The SMILES string of the molecule is O=C(NCCc1ccc(N2CCc3ccccc3C2)cc1)C(=O)NCc1ccccc1Cl. The standard InChI is InChI=1S/C26H26ClN3O2/c27-24-8-4-3-6-21(24)17-29-26(32)25(31)28-15-13-19-9-11-23(12-10-19)30-16-14-20-5-1-2-7-22(20)18-30/h1-12H,13-18H2,(H,28,31)(H,29,32). The first-order valence-electron chi connectivity index (χ1n) is 10.8. The molecule has 0 saturated carbocycles. The van der Waals surface area contributed by atoms with Crippen LogP contribution in [-0.2, 0) is 35.5 Å². The Morgan fingerprint density at radius 1 is 0.844 bits per heavy atom. The molecule has 3 aromatic rings. The molecule has 4 rings (SSSR count). The molecule has 0 fully saturated rings. The Bertz CT molecular complexity index is 1100. The Morgan fingerprint density at radius 2 is 1.53 bits per heavy atom. The lowest BCUT2D eigenvalue weighted by Gasteiger charge is -2.30. The molecule has 0 spiro atoms. The Hall–Kier alpha value is -3.31. The molecule has 0 atom stereocenters. The fraction of sp³-hybridized carbons (Fsp3) is 0.231. The van der Waals surface area contributed by atoms with Crippen molar-refractivity contribution in [2.45, 2.75) is 25.9 Å². The largest absolute Gasteiger partial charge is 0.367 e. The first-order valence-corrected chi connectivity index (χ1v) is 11.2. The summed E-state index contributed by atoms with van der Waals surface area (Å²) in [6.45, 7) is 2.55. The second-order valence-corrected chi connectivity index (χ2v) is 8.29. The third kappa shape index (κ3) is 5.48. The zero-order chi connectivity index (χ0) is 22.3. The van der Waals surface area contributed by atoms with Crippen LogP contribution in [-0.4, -0.2) is 24.9 Å². The van der Waals surface area contributed by atoms with E-state index in [1.165, 1.54) is 16.8 Å². The molecule has 0 bridgehead atoms. The maximum Gasteiger partial charge on any atom is 0.309 e. The van der Waals surface area contributed by atoms with Crippen LogP contribution in [0.1, 0.15) is 22.3 Å². The molecule has 0 saturated heterocycles. The van der Waals surface area contributed by atoms with Crippen molar-refractivity contribution in [2.24, 2.45) is 0 Å². The summed E-state index contributed by atoms with van der Waals surface area (Å²) < 4.78 is 0. The molecule has 0 aliphatic carbocycles. The van der Waals surface area contributed by atoms with E-state index in [1.807, 2.05) is 18.2 Å². The molecule has 2 amide bonds. The van der Waals surface area contributed by atoms with Crippen LogP contribution in [0.25, 0.3) is 0 Å². The van der Waals surface area contributed by atoms with Gasteiger partial charge in [0.2, 0.25) is 0 Å². The summed E-state index contributed by atoms with van der Waals surface area (Å²) >= 11 is 6.07. The number of halogens is 1. The number of benzene rings is 3. The van der Waals surface area contributed by atoms with Crippen LogP contribution in [0.4, 0.5) is 5.69 Å². The van der Waals surface area contributed by atoms with Crippen molar-refractivity contribution < 1.29 is 9.59 Å². The van der Waals surface area contributed by atoms with Gasteiger partial charge in [0.05, 0.1) is 0 Å². The summed E-state index contributed by atoms with van der Waals surface area (Å²) in [4.78, 5) is 26.4. The van der Waals surface area contributed by atoms with Crippen molar-refractivity contribution in [3.8, 4) is 0 Å². The van der Waals surface area contributed by atoms with Gasteiger partial charge < -0.3 is 15.5 Å². The molecule has 1 aliphatic heterocycles. The van der Waals surface area contributed by atoms with E-state index in [4.69, 9.17) is 11.6 Å². The molecule has 5 nitrogen and oxygen atoms in total. The molecular weight excluding hydrogens is 422 g/mol. The average molecular weight is 448 g/mol. The van der Waals surface area contributed by atoms with Gasteiger partial charge in [-0.05, 0) is 53.3 Å². The predicted octanol–water partition coefficient (Wildman–Crippen LogP) is 3.88. The Morgan fingerprint density at radius 3 is 2.31 bits per heavy atom. The molecule has 164 valence electrons. The number of hydrogen-bond acceptors (Lipinski definition) is 3. The summed E-state index contributed by atoms with van der Waals surface area (Å²) in [5.41, 5.74) is 5.91. The summed E-state index contributed by atoms with van der Waals surface area (Å²) in [6, 6.07) is 24.2. The minimum atomic E-state index is -0.661. The minimum absolute atomic E-state index is 0.217. The second kappa shape index (κ2) is 10.3. The lowest BCUT2D eigenvalue weighted by Crippen LogP contribution is -2.40. The number of anilines is 1. The van der Waals surface area contributed by atoms with Crippen molar-refractivity contribution in [1.29, 1.82) is 0 Å². The van der Waals surface area contributed by atoms with E-state index in [0.29, 0.717) is 18.0 Å². The zero-order valence-electron chi connectivity index (χ0n) is 17.8. The van der Waals surface area contributed by atoms with Gasteiger partial charge in [-0.15, -0.1) is 0 Å². The molecule has 0 aromatic heterocycles. The fourth-order valence-electron chi connectivity index (χ4n) is 3.89.